The first-order chi connectivity index (χ1) is 10.3. The second-order valence-electron chi connectivity index (χ2n) is 4.40. The summed E-state index contributed by atoms with van der Waals surface area (Å²) >= 11 is 7.40. The fraction of sp³-hybridized carbons (Fsp3) is 0.231. The van der Waals surface area contributed by atoms with E-state index in [0.29, 0.717) is 16.5 Å². The Kier molecular flexibility index (Phi) is 4.12. The molecule has 0 aliphatic rings. The minimum Gasteiger partial charge on any atom is -0.369 e. The Labute approximate surface area is 130 Å². The molecule has 0 radical (unpaired) electrons. The highest BCUT2D eigenvalue weighted by atomic mass is 35.5. The van der Waals surface area contributed by atoms with Crippen molar-refractivity contribution < 1.29 is 0 Å². The number of fused-ring (bicyclic) bond motifs is 1. The lowest BCUT2D eigenvalue weighted by Crippen LogP contribution is -2.04. The summed E-state index contributed by atoms with van der Waals surface area (Å²) in [7, 11) is 0. The molecule has 2 heterocycles. The standard InChI is InChI=1S/C13H13ClN6S/c1-2-5-16-10-6-15-7-11(17-10)18-12-8(14)3-4-9-13(12)20-21-19-9/h3-4,6-7H,2,5H2,1H3,(H2,16,17,18). The molecule has 0 atom stereocenters. The van der Waals surface area contributed by atoms with Gasteiger partial charge in [0.2, 0.25) is 0 Å². The molecule has 0 fully saturated rings. The van der Waals surface area contributed by atoms with Crippen molar-refractivity contribution in [2.45, 2.75) is 13.3 Å². The van der Waals surface area contributed by atoms with Gasteiger partial charge in [-0.2, -0.15) is 8.75 Å². The Morgan fingerprint density at radius 2 is 2.05 bits per heavy atom. The van der Waals surface area contributed by atoms with Crippen LogP contribution in [0.15, 0.2) is 24.5 Å². The van der Waals surface area contributed by atoms with Crippen molar-refractivity contribution in [3.63, 3.8) is 0 Å². The second-order valence-corrected chi connectivity index (χ2v) is 5.33. The third-order valence-corrected chi connectivity index (χ3v) is 3.68. The largest absolute Gasteiger partial charge is 0.369 e. The molecule has 2 aromatic heterocycles. The summed E-state index contributed by atoms with van der Waals surface area (Å²) in [4.78, 5) is 8.62. The number of nitrogens with one attached hydrogen (secondary N) is 2. The summed E-state index contributed by atoms with van der Waals surface area (Å²) in [6.07, 6.45) is 4.36. The Balaban J connectivity index is 1.91. The first-order valence-corrected chi connectivity index (χ1v) is 7.62. The third kappa shape index (κ3) is 3.03. The van der Waals surface area contributed by atoms with Crippen LogP contribution in [0.1, 0.15) is 13.3 Å². The zero-order chi connectivity index (χ0) is 14.7. The molecule has 0 aliphatic heterocycles. The van der Waals surface area contributed by atoms with Gasteiger partial charge in [-0.3, -0.25) is 4.98 Å². The van der Waals surface area contributed by atoms with Crippen LogP contribution in [0.25, 0.3) is 11.0 Å². The SMILES string of the molecule is CCCNc1cncc(Nc2c(Cl)ccc3nsnc23)n1. The number of halogens is 1. The normalized spacial score (nSPS) is 10.8. The molecule has 8 heteroatoms. The maximum Gasteiger partial charge on any atom is 0.151 e. The molecule has 0 unspecified atom stereocenters. The molecule has 0 amide bonds. The fourth-order valence-corrected chi connectivity index (χ4v) is 2.58. The molecule has 0 aliphatic carbocycles. The van der Waals surface area contributed by atoms with Crippen LogP contribution in [0.5, 0.6) is 0 Å². The van der Waals surface area contributed by atoms with Gasteiger partial charge in [-0.25, -0.2) is 4.98 Å². The Morgan fingerprint density at radius 3 is 2.90 bits per heavy atom. The number of aromatic nitrogens is 4. The second kappa shape index (κ2) is 6.19. The van der Waals surface area contributed by atoms with E-state index in [-0.39, 0.29) is 0 Å². The van der Waals surface area contributed by atoms with Crippen LogP contribution >= 0.6 is 23.3 Å². The van der Waals surface area contributed by atoms with E-state index >= 15 is 0 Å². The van der Waals surface area contributed by atoms with Gasteiger partial charge in [0, 0.05) is 6.54 Å². The van der Waals surface area contributed by atoms with Gasteiger partial charge < -0.3 is 10.6 Å². The van der Waals surface area contributed by atoms with Crippen molar-refractivity contribution in [2.24, 2.45) is 0 Å². The smallest absolute Gasteiger partial charge is 0.151 e. The number of hydrogen-bond acceptors (Lipinski definition) is 7. The van der Waals surface area contributed by atoms with Crippen LogP contribution in [-0.2, 0) is 0 Å². The van der Waals surface area contributed by atoms with Crippen LogP contribution in [0.2, 0.25) is 5.02 Å². The highest BCUT2D eigenvalue weighted by Gasteiger charge is 2.11. The summed E-state index contributed by atoms with van der Waals surface area (Å²) in [6.45, 7) is 2.95. The van der Waals surface area contributed by atoms with Gasteiger partial charge in [-0.1, -0.05) is 18.5 Å². The molecule has 0 spiro atoms. The predicted octanol–water partition coefficient (Wildman–Crippen LogP) is 3.70. The molecular formula is C13H13ClN6S. The number of nitrogens with zero attached hydrogens (tertiary/aromatic N) is 4. The molecule has 108 valence electrons. The average Bonchev–Trinajstić information content (AvgIpc) is 2.97. The van der Waals surface area contributed by atoms with E-state index in [2.05, 4.69) is 36.3 Å². The molecule has 3 aromatic rings. The van der Waals surface area contributed by atoms with Crippen LogP contribution < -0.4 is 10.6 Å². The molecule has 21 heavy (non-hydrogen) atoms. The van der Waals surface area contributed by atoms with E-state index < -0.39 is 0 Å². The van der Waals surface area contributed by atoms with Gasteiger partial charge in [0.25, 0.3) is 0 Å². The lowest BCUT2D eigenvalue weighted by atomic mass is 10.2. The van der Waals surface area contributed by atoms with E-state index in [1.54, 1.807) is 18.5 Å². The van der Waals surface area contributed by atoms with E-state index in [0.717, 1.165) is 41.5 Å². The summed E-state index contributed by atoms with van der Waals surface area (Å²) in [6, 6.07) is 3.64. The van der Waals surface area contributed by atoms with Crippen molar-refractivity contribution in [1.82, 2.24) is 18.7 Å². The van der Waals surface area contributed by atoms with E-state index in [9.17, 15) is 0 Å². The lowest BCUT2D eigenvalue weighted by molar-refractivity contribution is 0.965. The molecule has 1 aromatic carbocycles. The van der Waals surface area contributed by atoms with Gasteiger partial charge in [-0.15, -0.1) is 0 Å². The van der Waals surface area contributed by atoms with Gasteiger partial charge in [-0.05, 0) is 18.6 Å². The fourth-order valence-electron chi connectivity index (χ4n) is 1.84. The lowest BCUT2D eigenvalue weighted by Gasteiger charge is -2.09. The number of hydrogen-bond donors (Lipinski definition) is 2. The zero-order valence-electron chi connectivity index (χ0n) is 11.3. The highest BCUT2D eigenvalue weighted by Crippen LogP contribution is 2.31. The van der Waals surface area contributed by atoms with Gasteiger partial charge >= 0.3 is 0 Å². The van der Waals surface area contributed by atoms with E-state index in [4.69, 9.17) is 11.6 Å². The molecule has 0 bridgehead atoms. The molecule has 6 nitrogen and oxygen atoms in total. The van der Waals surface area contributed by atoms with E-state index in [1.807, 2.05) is 6.07 Å². The van der Waals surface area contributed by atoms with Crippen LogP contribution in [0.4, 0.5) is 17.3 Å². The minimum absolute atomic E-state index is 0.573. The summed E-state index contributed by atoms with van der Waals surface area (Å²) in [5.41, 5.74) is 2.24. The van der Waals surface area contributed by atoms with Gasteiger partial charge in [0.05, 0.1) is 34.8 Å². The number of benzene rings is 1. The Morgan fingerprint density at radius 1 is 1.19 bits per heavy atom. The zero-order valence-corrected chi connectivity index (χ0v) is 12.9. The van der Waals surface area contributed by atoms with Crippen LogP contribution in [0.3, 0.4) is 0 Å². The van der Waals surface area contributed by atoms with Gasteiger partial charge in [0.1, 0.15) is 16.9 Å². The molecule has 3 rings (SSSR count). The minimum atomic E-state index is 0.573. The number of rotatable bonds is 5. The van der Waals surface area contributed by atoms with Crippen molar-refractivity contribution in [2.75, 3.05) is 17.2 Å². The molecule has 0 saturated heterocycles. The topological polar surface area (TPSA) is 75.6 Å². The summed E-state index contributed by atoms with van der Waals surface area (Å²) in [5, 5.41) is 6.94. The highest BCUT2D eigenvalue weighted by molar-refractivity contribution is 7.00. The predicted molar refractivity (Wildman–Crippen MR) is 86.5 cm³/mol. The molecule has 2 N–H and O–H groups in total. The monoisotopic (exact) mass is 320 g/mol. The molecule has 0 saturated carbocycles. The van der Waals surface area contributed by atoms with Crippen LogP contribution in [-0.4, -0.2) is 25.3 Å². The summed E-state index contributed by atoms with van der Waals surface area (Å²) in [5.74, 6) is 1.33. The Hall–Kier alpha value is -1.99. The van der Waals surface area contributed by atoms with Crippen LogP contribution in [0, 0.1) is 0 Å². The first-order valence-electron chi connectivity index (χ1n) is 6.51. The van der Waals surface area contributed by atoms with Crippen molar-refractivity contribution in [3.8, 4) is 0 Å². The summed E-state index contributed by atoms with van der Waals surface area (Å²) < 4.78 is 8.47. The maximum absolute atomic E-state index is 6.24. The first kappa shape index (κ1) is 14.0. The third-order valence-electron chi connectivity index (χ3n) is 2.82. The molecular weight excluding hydrogens is 308 g/mol. The Bertz CT molecular complexity index is 759. The van der Waals surface area contributed by atoms with Crippen molar-refractivity contribution in [3.05, 3.63) is 29.5 Å². The van der Waals surface area contributed by atoms with Gasteiger partial charge in [0.15, 0.2) is 5.82 Å². The number of anilines is 3. The maximum atomic E-state index is 6.24. The quantitative estimate of drug-likeness (QED) is 0.746. The van der Waals surface area contributed by atoms with Crippen molar-refractivity contribution >= 4 is 51.7 Å². The average molecular weight is 321 g/mol. The van der Waals surface area contributed by atoms with Crippen molar-refractivity contribution in [1.29, 1.82) is 0 Å². The van der Waals surface area contributed by atoms with E-state index in [1.165, 1.54) is 0 Å².